The number of aryl methyl sites for hydroxylation is 1. The number of carboxylic acid groups (broad SMARTS) is 1. The fourth-order valence-corrected chi connectivity index (χ4v) is 3.13. The number of hydrogen-bond acceptors (Lipinski definition) is 4. The number of benzene rings is 2. The maximum absolute atomic E-state index is 12.5. The number of phenolic OH excluding ortho intramolecular Hbond substituents is 1. The summed E-state index contributed by atoms with van der Waals surface area (Å²) in [5, 5.41) is 21.9. The first-order valence-electron chi connectivity index (χ1n) is 8.53. The third kappa shape index (κ3) is 5.98. The minimum atomic E-state index is -1.11. The molecule has 1 amide bonds. The molecule has 2 aromatic rings. The van der Waals surface area contributed by atoms with E-state index in [9.17, 15) is 14.7 Å². The summed E-state index contributed by atoms with van der Waals surface area (Å²) >= 11 is 2.09. The summed E-state index contributed by atoms with van der Waals surface area (Å²) in [4.78, 5) is 23.5. The number of carbonyl (C=O) groups is 2. The van der Waals surface area contributed by atoms with Crippen LogP contribution in [0.15, 0.2) is 54.6 Å². The van der Waals surface area contributed by atoms with Crippen molar-refractivity contribution in [3.8, 4) is 5.75 Å². The molecule has 1 atom stereocenters. The molecule has 0 saturated heterocycles. The molecule has 148 valence electrons. The number of rotatable bonds is 6. The van der Waals surface area contributed by atoms with Crippen molar-refractivity contribution in [3.05, 3.63) is 69.3 Å². The Morgan fingerprint density at radius 2 is 1.82 bits per heavy atom. The Hall–Kier alpha value is -2.55. The van der Waals surface area contributed by atoms with Crippen molar-refractivity contribution < 1.29 is 24.5 Å². The van der Waals surface area contributed by atoms with Gasteiger partial charge in [0.05, 0.1) is 0 Å². The molecule has 0 saturated carbocycles. The van der Waals surface area contributed by atoms with Crippen LogP contribution in [0.25, 0.3) is 0 Å². The fourth-order valence-electron chi connectivity index (χ4n) is 2.62. The highest BCUT2D eigenvalue weighted by atomic mass is 127. The SMILES string of the molecule is Cc1ccc(NC(=O)O[C@H](c2cc(I)ccc2O)C(C)(C)/C=C/C(=O)O)cc1. The second-order valence-corrected chi connectivity index (χ2v) is 8.22. The van der Waals surface area contributed by atoms with Gasteiger partial charge in [-0.15, -0.1) is 0 Å². The Labute approximate surface area is 177 Å². The predicted molar refractivity (Wildman–Crippen MR) is 115 cm³/mol. The van der Waals surface area contributed by atoms with E-state index in [1.807, 2.05) is 19.1 Å². The molecular weight excluding hydrogens is 473 g/mol. The third-order valence-corrected chi connectivity index (χ3v) is 4.80. The molecule has 0 aromatic heterocycles. The van der Waals surface area contributed by atoms with Gasteiger partial charge in [0, 0.05) is 26.3 Å². The maximum Gasteiger partial charge on any atom is 0.412 e. The summed E-state index contributed by atoms with van der Waals surface area (Å²) in [6.45, 7) is 5.40. The lowest BCUT2D eigenvalue weighted by atomic mass is 9.81. The number of amides is 1. The number of anilines is 1. The van der Waals surface area contributed by atoms with Crippen molar-refractivity contribution in [2.24, 2.45) is 5.41 Å². The average molecular weight is 495 g/mol. The fraction of sp³-hybridized carbons (Fsp3) is 0.238. The number of aliphatic carboxylic acids is 1. The van der Waals surface area contributed by atoms with Crippen LogP contribution in [0, 0.1) is 15.9 Å². The Balaban J connectivity index is 2.34. The summed E-state index contributed by atoms with van der Waals surface area (Å²) in [5.74, 6) is -1.15. The summed E-state index contributed by atoms with van der Waals surface area (Å²) < 4.78 is 6.49. The third-order valence-electron chi connectivity index (χ3n) is 4.13. The van der Waals surface area contributed by atoms with Crippen LogP contribution in [0.3, 0.4) is 0 Å². The lowest BCUT2D eigenvalue weighted by Crippen LogP contribution is -2.28. The van der Waals surface area contributed by atoms with Crippen LogP contribution in [0.1, 0.15) is 31.1 Å². The number of aromatic hydroxyl groups is 1. The van der Waals surface area contributed by atoms with Crippen molar-refractivity contribution in [3.63, 3.8) is 0 Å². The number of halogens is 1. The standard InChI is InChI=1S/C21H22INO5/c1-13-4-7-15(8-5-13)23-20(27)28-19(21(2,3)11-10-18(25)26)16-12-14(22)6-9-17(16)24/h4-12,19,24H,1-3H3,(H,23,27)(H,25,26)/b11-10+/t19-/m1/s1. The topological polar surface area (TPSA) is 95.9 Å². The van der Waals surface area contributed by atoms with E-state index in [2.05, 4.69) is 27.9 Å². The quantitative estimate of drug-likeness (QED) is 0.375. The Morgan fingerprint density at radius 1 is 1.18 bits per heavy atom. The van der Waals surface area contributed by atoms with Gasteiger partial charge in [-0.1, -0.05) is 37.6 Å². The second-order valence-electron chi connectivity index (χ2n) is 6.97. The molecule has 2 aromatic carbocycles. The van der Waals surface area contributed by atoms with Crippen molar-refractivity contribution in [1.82, 2.24) is 0 Å². The van der Waals surface area contributed by atoms with Crippen LogP contribution in [0.5, 0.6) is 5.75 Å². The highest BCUT2D eigenvalue weighted by molar-refractivity contribution is 14.1. The lowest BCUT2D eigenvalue weighted by Gasteiger charge is -2.32. The van der Waals surface area contributed by atoms with Crippen LogP contribution >= 0.6 is 22.6 Å². The lowest BCUT2D eigenvalue weighted by molar-refractivity contribution is -0.131. The zero-order valence-corrected chi connectivity index (χ0v) is 17.9. The molecule has 0 aliphatic heterocycles. The van der Waals surface area contributed by atoms with E-state index in [1.54, 1.807) is 38.1 Å². The Bertz CT molecular complexity index is 890. The average Bonchev–Trinajstić information content (AvgIpc) is 2.62. The zero-order valence-electron chi connectivity index (χ0n) is 15.8. The molecule has 3 N–H and O–H groups in total. The number of hydrogen-bond donors (Lipinski definition) is 3. The van der Waals surface area contributed by atoms with Crippen LogP contribution in [-0.4, -0.2) is 22.3 Å². The molecule has 2 rings (SSSR count). The predicted octanol–water partition coefficient (Wildman–Crippen LogP) is 5.26. The van der Waals surface area contributed by atoms with Gasteiger partial charge in [0.25, 0.3) is 0 Å². The van der Waals surface area contributed by atoms with Gasteiger partial charge in [0.1, 0.15) is 11.9 Å². The van der Waals surface area contributed by atoms with E-state index < -0.39 is 23.6 Å². The summed E-state index contributed by atoms with van der Waals surface area (Å²) in [5.41, 5.74) is 1.12. The summed E-state index contributed by atoms with van der Waals surface area (Å²) in [6.07, 6.45) is 0.824. The molecule has 0 bridgehead atoms. The van der Waals surface area contributed by atoms with E-state index in [0.717, 1.165) is 15.2 Å². The smallest absolute Gasteiger partial charge is 0.412 e. The number of carboxylic acids is 1. The molecule has 0 unspecified atom stereocenters. The van der Waals surface area contributed by atoms with Crippen molar-refractivity contribution >= 4 is 40.3 Å². The van der Waals surface area contributed by atoms with E-state index in [-0.39, 0.29) is 5.75 Å². The maximum atomic E-state index is 12.5. The van der Waals surface area contributed by atoms with E-state index in [1.165, 1.54) is 12.1 Å². The molecule has 0 heterocycles. The Kier molecular flexibility index (Phi) is 7.06. The number of phenols is 1. The van der Waals surface area contributed by atoms with Crippen molar-refractivity contribution in [2.45, 2.75) is 26.9 Å². The normalized spacial score (nSPS) is 12.6. The first-order chi connectivity index (χ1) is 13.1. The highest BCUT2D eigenvalue weighted by Crippen LogP contribution is 2.42. The summed E-state index contributed by atoms with van der Waals surface area (Å²) in [6, 6.07) is 12.2. The number of ether oxygens (including phenoxy) is 1. The van der Waals surface area contributed by atoms with E-state index >= 15 is 0 Å². The van der Waals surface area contributed by atoms with Crippen molar-refractivity contribution in [1.29, 1.82) is 0 Å². The Morgan fingerprint density at radius 3 is 2.43 bits per heavy atom. The van der Waals surface area contributed by atoms with E-state index in [0.29, 0.717) is 11.3 Å². The van der Waals surface area contributed by atoms with E-state index in [4.69, 9.17) is 9.84 Å². The number of nitrogens with one attached hydrogen (secondary N) is 1. The molecule has 0 radical (unpaired) electrons. The van der Waals surface area contributed by atoms with Crippen molar-refractivity contribution in [2.75, 3.05) is 5.32 Å². The minimum Gasteiger partial charge on any atom is -0.508 e. The van der Waals surface area contributed by atoms with Gasteiger partial charge < -0.3 is 14.9 Å². The molecular formula is C21H22INO5. The molecule has 6 nitrogen and oxygen atoms in total. The van der Waals surface area contributed by atoms with Crippen LogP contribution in [0.2, 0.25) is 0 Å². The van der Waals surface area contributed by atoms with Crippen LogP contribution < -0.4 is 5.32 Å². The molecule has 0 fully saturated rings. The molecule has 28 heavy (non-hydrogen) atoms. The first kappa shape index (κ1) is 21.7. The van der Waals surface area contributed by atoms with Crippen LogP contribution in [0.4, 0.5) is 10.5 Å². The summed E-state index contributed by atoms with van der Waals surface area (Å²) in [7, 11) is 0. The van der Waals surface area contributed by atoms with Crippen LogP contribution in [-0.2, 0) is 9.53 Å². The van der Waals surface area contributed by atoms with Gasteiger partial charge >= 0.3 is 12.1 Å². The highest BCUT2D eigenvalue weighted by Gasteiger charge is 2.34. The van der Waals surface area contributed by atoms with Gasteiger partial charge in [-0.3, -0.25) is 5.32 Å². The van der Waals surface area contributed by atoms with Gasteiger partial charge in [0.15, 0.2) is 0 Å². The monoisotopic (exact) mass is 495 g/mol. The molecule has 7 heteroatoms. The first-order valence-corrected chi connectivity index (χ1v) is 9.61. The minimum absolute atomic E-state index is 0.0367. The van der Waals surface area contributed by atoms with Gasteiger partial charge in [0.2, 0.25) is 0 Å². The van der Waals surface area contributed by atoms with Gasteiger partial charge in [-0.25, -0.2) is 9.59 Å². The zero-order chi connectivity index (χ0) is 20.9. The number of carbonyl (C=O) groups excluding carboxylic acids is 1. The second kappa shape index (κ2) is 9.09. The molecule has 0 spiro atoms. The molecule has 0 aliphatic rings. The molecule has 0 aliphatic carbocycles. The van der Waals surface area contributed by atoms with Gasteiger partial charge in [-0.05, 0) is 59.8 Å². The largest absolute Gasteiger partial charge is 0.508 e. The van der Waals surface area contributed by atoms with Gasteiger partial charge in [-0.2, -0.15) is 0 Å².